The Morgan fingerprint density at radius 2 is 2.21 bits per heavy atom. The molecule has 0 fully saturated rings. The quantitative estimate of drug-likeness (QED) is 0.732. The second kappa shape index (κ2) is 4.55. The SMILES string of the molecule is COc1cnc(C)c(CCl)c1C(F)F. The van der Waals surface area contributed by atoms with Crippen molar-refractivity contribution in [2.45, 2.75) is 19.2 Å². The van der Waals surface area contributed by atoms with Gasteiger partial charge < -0.3 is 4.74 Å². The fourth-order valence-corrected chi connectivity index (χ4v) is 1.55. The van der Waals surface area contributed by atoms with Gasteiger partial charge in [0.15, 0.2) is 0 Å². The minimum Gasteiger partial charge on any atom is -0.495 e. The van der Waals surface area contributed by atoms with Crippen LogP contribution >= 0.6 is 11.6 Å². The molecule has 0 amide bonds. The second-order valence-corrected chi connectivity index (χ2v) is 3.01. The molecule has 0 unspecified atom stereocenters. The van der Waals surface area contributed by atoms with E-state index < -0.39 is 6.43 Å². The predicted octanol–water partition coefficient (Wildman–Crippen LogP) is 3.08. The van der Waals surface area contributed by atoms with Crippen LogP contribution in [0.3, 0.4) is 0 Å². The highest BCUT2D eigenvalue weighted by molar-refractivity contribution is 6.17. The summed E-state index contributed by atoms with van der Waals surface area (Å²) in [6.45, 7) is 1.64. The molecule has 0 aliphatic carbocycles. The van der Waals surface area contributed by atoms with Crippen LogP contribution < -0.4 is 4.74 Å². The highest BCUT2D eigenvalue weighted by Crippen LogP contribution is 2.33. The van der Waals surface area contributed by atoms with Gasteiger partial charge >= 0.3 is 0 Å². The van der Waals surface area contributed by atoms with Gasteiger partial charge in [-0.05, 0) is 6.92 Å². The number of rotatable bonds is 3. The average Bonchev–Trinajstić information content (AvgIpc) is 2.17. The molecule has 1 aromatic rings. The molecule has 0 spiro atoms. The lowest BCUT2D eigenvalue weighted by atomic mass is 10.1. The lowest BCUT2D eigenvalue weighted by Gasteiger charge is -2.12. The van der Waals surface area contributed by atoms with Gasteiger partial charge in [-0.2, -0.15) is 0 Å². The predicted molar refractivity (Wildman–Crippen MR) is 50.0 cm³/mol. The summed E-state index contributed by atoms with van der Waals surface area (Å²) in [5, 5.41) is 0. The Hall–Kier alpha value is -0.900. The number of aryl methyl sites for hydroxylation is 1. The molecule has 1 rings (SSSR count). The summed E-state index contributed by atoms with van der Waals surface area (Å²) in [6, 6.07) is 0. The first-order chi connectivity index (χ1) is 6.61. The lowest BCUT2D eigenvalue weighted by Crippen LogP contribution is -2.02. The van der Waals surface area contributed by atoms with Gasteiger partial charge in [0.05, 0.1) is 18.9 Å². The lowest BCUT2D eigenvalue weighted by molar-refractivity contribution is 0.146. The standard InChI is InChI=1S/C9H10ClF2NO/c1-5-6(3-10)8(9(11)12)7(14-2)4-13-5/h4,9H,3H2,1-2H3. The highest BCUT2D eigenvalue weighted by Gasteiger charge is 2.20. The van der Waals surface area contributed by atoms with Crippen molar-refractivity contribution < 1.29 is 13.5 Å². The molecule has 1 heterocycles. The Balaban J connectivity index is 3.36. The van der Waals surface area contributed by atoms with E-state index in [1.54, 1.807) is 6.92 Å². The van der Waals surface area contributed by atoms with E-state index >= 15 is 0 Å². The van der Waals surface area contributed by atoms with E-state index in [2.05, 4.69) is 4.98 Å². The molecule has 0 aliphatic heterocycles. The average molecular weight is 222 g/mol. The molecule has 0 atom stereocenters. The maximum absolute atomic E-state index is 12.7. The van der Waals surface area contributed by atoms with Crippen molar-refractivity contribution in [3.8, 4) is 5.75 Å². The number of alkyl halides is 3. The molecule has 0 N–H and O–H groups in total. The first-order valence-electron chi connectivity index (χ1n) is 3.98. The van der Waals surface area contributed by atoms with Gasteiger partial charge in [-0.1, -0.05) is 0 Å². The minimum absolute atomic E-state index is 0.00963. The van der Waals surface area contributed by atoms with Crippen LogP contribution in [0.5, 0.6) is 5.75 Å². The summed E-state index contributed by atoms with van der Waals surface area (Å²) in [4.78, 5) is 3.92. The Bertz CT molecular complexity index is 331. The molecule has 5 heteroatoms. The number of hydrogen-bond acceptors (Lipinski definition) is 2. The molecule has 0 radical (unpaired) electrons. The van der Waals surface area contributed by atoms with Crippen LogP contribution in [0.2, 0.25) is 0 Å². The van der Waals surface area contributed by atoms with Crippen LogP contribution in [-0.4, -0.2) is 12.1 Å². The number of methoxy groups -OCH3 is 1. The molecule has 0 saturated heterocycles. The summed E-state index contributed by atoms with van der Waals surface area (Å²) in [5.74, 6) is 0.0941. The Labute approximate surface area is 85.9 Å². The number of hydrogen-bond donors (Lipinski definition) is 0. The molecular formula is C9H10ClF2NO. The van der Waals surface area contributed by atoms with Gasteiger partial charge in [0.1, 0.15) is 5.75 Å². The summed E-state index contributed by atoms with van der Waals surface area (Å²) in [7, 11) is 1.33. The Kier molecular flexibility index (Phi) is 3.63. The zero-order valence-electron chi connectivity index (χ0n) is 7.85. The van der Waals surface area contributed by atoms with E-state index in [0.717, 1.165) is 0 Å². The van der Waals surface area contributed by atoms with E-state index in [1.165, 1.54) is 13.3 Å². The van der Waals surface area contributed by atoms with Crippen LogP contribution in [-0.2, 0) is 5.88 Å². The van der Waals surface area contributed by atoms with Crippen molar-refractivity contribution in [3.63, 3.8) is 0 Å². The maximum Gasteiger partial charge on any atom is 0.267 e. The van der Waals surface area contributed by atoms with E-state index in [-0.39, 0.29) is 17.2 Å². The van der Waals surface area contributed by atoms with Crippen LogP contribution in [0, 0.1) is 6.92 Å². The first kappa shape index (κ1) is 11.2. The molecule has 2 nitrogen and oxygen atoms in total. The topological polar surface area (TPSA) is 22.1 Å². The molecule has 1 aromatic heterocycles. The van der Waals surface area contributed by atoms with Crippen molar-refractivity contribution in [2.24, 2.45) is 0 Å². The molecular weight excluding hydrogens is 212 g/mol. The van der Waals surface area contributed by atoms with Gasteiger partial charge in [-0.3, -0.25) is 4.98 Å². The van der Waals surface area contributed by atoms with E-state index in [9.17, 15) is 8.78 Å². The normalized spacial score (nSPS) is 10.7. The van der Waals surface area contributed by atoms with Gasteiger partial charge in [-0.25, -0.2) is 8.78 Å². The van der Waals surface area contributed by atoms with Gasteiger partial charge in [0.25, 0.3) is 6.43 Å². The fourth-order valence-electron chi connectivity index (χ4n) is 1.22. The van der Waals surface area contributed by atoms with E-state index in [0.29, 0.717) is 11.3 Å². The summed E-state index contributed by atoms with van der Waals surface area (Å²) in [5.41, 5.74) is 0.701. The molecule has 0 aromatic carbocycles. The molecule has 14 heavy (non-hydrogen) atoms. The fraction of sp³-hybridized carbons (Fsp3) is 0.444. The number of ether oxygens (including phenoxy) is 1. The Morgan fingerprint density at radius 3 is 2.64 bits per heavy atom. The van der Waals surface area contributed by atoms with Crippen molar-refractivity contribution in [1.29, 1.82) is 0 Å². The monoisotopic (exact) mass is 221 g/mol. The van der Waals surface area contributed by atoms with Crippen LogP contribution in [0.15, 0.2) is 6.20 Å². The number of aromatic nitrogens is 1. The largest absolute Gasteiger partial charge is 0.495 e. The van der Waals surface area contributed by atoms with Gasteiger partial charge in [0.2, 0.25) is 0 Å². The second-order valence-electron chi connectivity index (χ2n) is 2.74. The van der Waals surface area contributed by atoms with Crippen molar-refractivity contribution >= 4 is 11.6 Å². The molecule has 0 aliphatic rings. The first-order valence-corrected chi connectivity index (χ1v) is 4.51. The Morgan fingerprint density at radius 1 is 1.57 bits per heavy atom. The van der Waals surface area contributed by atoms with Gasteiger partial charge in [0, 0.05) is 17.1 Å². The van der Waals surface area contributed by atoms with Crippen molar-refractivity contribution in [1.82, 2.24) is 4.98 Å². The van der Waals surface area contributed by atoms with Crippen molar-refractivity contribution in [2.75, 3.05) is 7.11 Å². The zero-order chi connectivity index (χ0) is 10.7. The number of halogens is 3. The number of nitrogens with zero attached hydrogens (tertiary/aromatic N) is 1. The van der Waals surface area contributed by atoms with Crippen LogP contribution in [0.1, 0.15) is 23.2 Å². The smallest absolute Gasteiger partial charge is 0.267 e. The molecule has 0 bridgehead atoms. The van der Waals surface area contributed by atoms with E-state index in [1.807, 2.05) is 0 Å². The summed E-state index contributed by atoms with van der Waals surface area (Å²) >= 11 is 5.58. The summed E-state index contributed by atoms with van der Waals surface area (Å²) in [6.07, 6.45) is -1.31. The third-order valence-electron chi connectivity index (χ3n) is 1.97. The van der Waals surface area contributed by atoms with Gasteiger partial charge in [-0.15, -0.1) is 11.6 Å². The van der Waals surface area contributed by atoms with E-state index in [4.69, 9.17) is 16.3 Å². The minimum atomic E-state index is -2.60. The zero-order valence-corrected chi connectivity index (χ0v) is 8.61. The van der Waals surface area contributed by atoms with Crippen molar-refractivity contribution in [3.05, 3.63) is 23.0 Å². The third kappa shape index (κ3) is 1.95. The van der Waals surface area contributed by atoms with Crippen LogP contribution in [0.4, 0.5) is 8.78 Å². The van der Waals surface area contributed by atoms with Crippen LogP contribution in [0.25, 0.3) is 0 Å². The maximum atomic E-state index is 12.7. The third-order valence-corrected chi connectivity index (χ3v) is 2.24. The molecule has 0 saturated carbocycles. The summed E-state index contributed by atoms with van der Waals surface area (Å²) < 4.78 is 30.2. The number of pyridine rings is 1. The molecule has 78 valence electrons. The highest BCUT2D eigenvalue weighted by atomic mass is 35.5.